The van der Waals surface area contributed by atoms with E-state index in [2.05, 4.69) is 20.8 Å². The van der Waals surface area contributed by atoms with Crippen LogP contribution < -0.4 is 10.6 Å². The van der Waals surface area contributed by atoms with E-state index in [1.807, 2.05) is 6.07 Å². The maximum absolute atomic E-state index is 12.0. The highest BCUT2D eigenvalue weighted by atomic mass is 32.2. The second kappa shape index (κ2) is 9.65. The Hall–Kier alpha value is -3.46. The van der Waals surface area contributed by atoms with E-state index in [4.69, 9.17) is 4.42 Å². The van der Waals surface area contributed by atoms with E-state index in [0.29, 0.717) is 16.8 Å². The van der Waals surface area contributed by atoms with Crippen molar-refractivity contribution in [2.75, 3.05) is 11.1 Å². The number of nitrogens with zero attached hydrogens (tertiary/aromatic N) is 2. The lowest BCUT2D eigenvalue weighted by Gasteiger charge is -2.04. The number of ketones is 1. The average Bonchev–Trinajstić information content (AvgIpc) is 3.19. The van der Waals surface area contributed by atoms with Gasteiger partial charge in [0.2, 0.25) is 11.8 Å². The van der Waals surface area contributed by atoms with Gasteiger partial charge in [0.25, 0.3) is 11.1 Å². The Labute approximate surface area is 171 Å². The first kappa shape index (κ1) is 20.3. The van der Waals surface area contributed by atoms with Crippen LogP contribution in [0.15, 0.2) is 64.2 Å². The predicted molar refractivity (Wildman–Crippen MR) is 108 cm³/mol. The Morgan fingerprint density at radius 2 is 1.69 bits per heavy atom. The van der Waals surface area contributed by atoms with Crippen LogP contribution in [0.5, 0.6) is 0 Å². The van der Waals surface area contributed by atoms with Crippen molar-refractivity contribution in [3.63, 3.8) is 0 Å². The molecule has 2 aromatic carbocycles. The van der Waals surface area contributed by atoms with Crippen LogP contribution in [0.1, 0.15) is 33.5 Å². The molecule has 0 spiro atoms. The second-order valence-electron chi connectivity index (χ2n) is 5.98. The standard InChI is InChI=1S/C20H18N4O4S/c1-13(25)14-7-9-16(10-8-14)22-17(26)12-29-20-24-23-18(28-20)11-21-19(27)15-5-3-2-4-6-15/h2-10H,11-12H2,1H3,(H,21,27)(H,22,26). The Balaban J connectivity index is 1.44. The van der Waals surface area contributed by atoms with Crippen molar-refractivity contribution in [1.82, 2.24) is 15.5 Å². The van der Waals surface area contributed by atoms with E-state index < -0.39 is 0 Å². The van der Waals surface area contributed by atoms with Gasteiger partial charge in [0.15, 0.2) is 5.78 Å². The van der Waals surface area contributed by atoms with Crippen LogP contribution in [0, 0.1) is 0 Å². The van der Waals surface area contributed by atoms with E-state index in [0.717, 1.165) is 11.8 Å². The highest BCUT2D eigenvalue weighted by Crippen LogP contribution is 2.17. The highest BCUT2D eigenvalue weighted by molar-refractivity contribution is 7.99. The number of carbonyl (C=O) groups is 3. The molecule has 3 rings (SSSR count). The Bertz CT molecular complexity index is 1000. The van der Waals surface area contributed by atoms with E-state index >= 15 is 0 Å². The van der Waals surface area contributed by atoms with Gasteiger partial charge in [0, 0.05) is 16.8 Å². The molecule has 0 bridgehead atoms. The molecule has 0 unspecified atom stereocenters. The molecule has 0 radical (unpaired) electrons. The maximum atomic E-state index is 12.0. The number of Topliss-reactive ketones (excluding diaryl/α,β-unsaturated/α-hetero) is 1. The van der Waals surface area contributed by atoms with Crippen LogP contribution >= 0.6 is 11.8 Å². The van der Waals surface area contributed by atoms with Crippen molar-refractivity contribution in [2.24, 2.45) is 0 Å². The van der Waals surface area contributed by atoms with Gasteiger partial charge in [-0.25, -0.2) is 0 Å². The van der Waals surface area contributed by atoms with Crippen LogP contribution in [-0.4, -0.2) is 33.5 Å². The van der Waals surface area contributed by atoms with Crippen molar-refractivity contribution in [3.8, 4) is 0 Å². The van der Waals surface area contributed by atoms with Crippen LogP contribution in [0.4, 0.5) is 5.69 Å². The van der Waals surface area contributed by atoms with Gasteiger partial charge >= 0.3 is 0 Å². The molecule has 0 aliphatic heterocycles. The number of anilines is 1. The number of nitrogens with one attached hydrogen (secondary N) is 2. The van der Waals surface area contributed by atoms with Crippen LogP contribution in [-0.2, 0) is 11.3 Å². The summed E-state index contributed by atoms with van der Waals surface area (Å²) in [4.78, 5) is 35.3. The third-order valence-electron chi connectivity index (χ3n) is 3.79. The van der Waals surface area contributed by atoms with Crippen LogP contribution in [0.2, 0.25) is 0 Å². The molecule has 0 atom stereocenters. The van der Waals surface area contributed by atoms with Crippen molar-refractivity contribution in [1.29, 1.82) is 0 Å². The first-order valence-electron chi connectivity index (χ1n) is 8.70. The zero-order valence-electron chi connectivity index (χ0n) is 15.5. The molecular formula is C20H18N4O4S. The number of carbonyl (C=O) groups excluding carboxylic acids is 3. The van der Waals surface area contributed by atoms with Gasteiger partial charge in [-0.1, -0.05) is 30.0 Å². The summed E-state index contributed by atoms with van der Waals surface area (Å²) >= 11 is 1.09. The number of hydrogen-bond donors (Lipinski definition) is 2. The molecule has 0 saturated heterocycles. The van der Waals surface area contributed by atoms with Crippen molar-refractivity contribution < 1.29 is 18.8 Å². The lowest BCUT2D eigenvalue weighted by Crippen LogP contribution is -2.22. The summed E-state index contributed by atoms with van der Waals surface area (Å²) in [6.45, 7) is 1.58. The molecule has 0 aliphatic carbocycles. The maximum Gasteiger partial charge on any atom is 0.277 e. The summed E-state index contributed by atoms with van der Waals surface area (Å²) in [7, 11) is 0. The van der Waals surface area contributed by atoms with Gasteiger partial charge < -0.3 is 15.1 Å². The SMILES string of the molecule is CC(=O)c1ccc(NC(=O)CSc2nnc(CNC(=O)c3ccccc3)o2)cc1. The molecule has 2 N–H and O–H groups in total. The monoisotopic (exact) mass is 410 g/mol. The minimum Gasteiger partial charge on any atom is -0.414 e. The third-order valence-corrected chi connectivity index (χ3v) is 4.60. The zero-order chi connectivity index (χ0) is 20.6. The normalized spacial score (nSPS) is 10.4. The number of aromatic nitrogens is 2. The fourth-order valence-corrected chi connectivity index (χ4v) is 2.91. The largest absolute Gasteiger partial charge is 0.414 e. The molecule has 8 nitrogen and oxygen atoms in total. The number of rotatable bonds is 8. The van der Waals surface area contributed by atoms with Gasteiger partial charge in [-0.05, 0) is 43.3 Å². The van der Waals surface area contributed by atoms with Gasteiger partial charge in [-0.3, -0.25) is 14.4 Å². The molecule has 29 heavy (non-hydrogen) atoms. The highest BCUT2D eigenvalue weighted by Gasteiger charge is 2.12. The summed E-state index contributed by atoms with van der Waals surface area (Å²) in [6, 6.07) is 15.4. The van der Waals surface area contributed by atoms with E-state index in [1.54, 1.807) is 48.5 Å². The smallest absolute Gasteiger partial charge is 0.277 e. The number of benzene rings is 2. The molecule has 3 aromatic rings. The van der Waals surface area contributed by atoms with Crippen molar-refractivity contribution in [2.45, 2.75) is 18.7 Å². The quantitative estimate of drug-likeness (QED) is 0.433. The molecular weight excluding hydrogens is 392 g/mol. The number of thioether (sulfide) groups is 1. The molecule has 0 fully saturated rings. The second-order valence-corrected chi connectivity index (χ2v) is 6.91. The Kier molecular flexibility index (Phi) is 6.75. The molecule has 148 valence electrons. The summed E-state index contributed by atoms with van der Waals surface area (Å²) in [5.41, 5.74) is 1.71. The predicted octanol–water partition coefficient (Wildman–Crippen LogP) is 2.93. The first-order valence-corrected chi connectivity index (χ1v) is 9.69. The van der Waals surface area contributed by atoms with Gasteiger partial charge in [-0.2, -0.15) is 0 Å². The van der Waals surface area contributed by atoms with Gasteiger partial charge in [0.1, 0.15) is 0 Å². The molecule has 2 amide bonds. The van der Waals surface area contributed by atoms with Gasteiger partial charge in [-0.15, -0.1) is 10.2 Å². The molecule has 9 heteroatoms. The van der Waals surface area contributed by atoms with Crippen molar-refractivity contribution in [3.05, 3.63) is 71.6 Å². The topological polar surface area (TPSA) is 114 Å². The van der Waals surface area contributed by atoms with Gasteiger partial charge in [0.05, 0.1) is 12.3 Å². The lowest BCUT2D eigenvalue weighted by atomic mass is 10.1. The molecule has 0 saturated carbocycles. The van der Waals surface area contributed by atoms with Crippen LogP contribution in [0.25, 0.3) is 0 Å². The summed E-state index contributed by atoms with van der Waals surface area (Å²) in [5.74, 6) is -0.203. The lowest BCUT2D eigenvalue weighted by molar-refractivity contribution is -0.113. The Morgan fingerprint density at radius 1 is 0.966 bits per heavy atom. The number of amides is 2. The average molecular weight is 410 g/mol. The fraction of sp³-hybridized carbons (Fsp3) is 0.150. The Morgan fingerprint density at radius 3 is 2.38 bits per heavy atom. The van der Waals surface area contributed by atoms with E-state index in [-0.39, 0.29) is 41.0 Å². The number of hydrogen-bond acceptors (Lipinski definition) is 7. The third kappa shape index (κ3) is 6.01. The minimum atomic E-state index is -0.247. The van der Waals surface area contributed by atoms with E-state index in [1.165, 1.54) is 6.92 Å². The summed E-state index contributed by atoms with van der Waals surface area (Å²) in [5, 5.41) is 13.4. The van der Waals surface area contributed by atoms with E-state index in [9.17, 15) is 14.4 Å². The molecule has 1 aromatic heterocycles. The fourth-order valence-electron chi connectivity index (χ4n) is 2.33. The molecule has 1 heterocycles. The summed E-state index contributed by atoms with van der Waals surface area (Å²) < 4.78 is 5.42. The first-order chi connectivity index (χ1) is 14.0. The molecule has 0 aliphatic rings. The minimum absolute atomic E-state index is 0.0365. The van der Waals surface area contributed by atoms with Crippen LogP contribution in [0.3, 0.4) is 0 Å². The van der Waals surface area contributed by atoms with Crippen molar-refractivity contribution >= 4 is 35.0 Å². The summed E-state index contributed by atoms with van der Waals surface area (Å²) in [6.07, 6.45) is 0. The zero-order valence-corrected chi connectivity index (χ0v) is 16.4.